The largest absolute Gasteiger partial charge is 0.618 e. The molecule has 94 valence electrons. The van der Waals surface area contributed by atoms with Gasteiger partial charge in [0.1, 0.15) is 5.75 Å². The van der Waals surface area contributed by atoms with Crippen molar-refractivity contribution < 1.29 is 9.47 Å². The maximum absolute atomic E-state index is 11.4. The number of hydrogen-bond donors (Lipinski definition) is 0. The van der Waals surface area contributed by atoms with Crippen molar-refractivity contribution in [3.63, 3.8) is 0 Å². The normalized spacial score (nSPS) is 10.3. The van der Waals surface area contributed by atoms with Crippen molar-refractivity contribution >= 4 is 11.8 Å². The lowest BCUT2D eigenvalue weighted by Crippen LogP contribution is -2.27. The molecule has 1 heterocycles. The smallest absolute Gasteiger partial charge is 0.251 e. The molecule has 0 fully saturated rings. The highest BCUT2D eigenvalue weighted by Crippen LogP contribution is 2.16. The summed E-state index contributed by atoms with van der Waals surface area (Å²) in [6.45, 7) is 0. The van der Waals surface area contributed by atoms with Gasteiger partial charge in [-0.25, -0.2) is 0 Å². The van der Waals surface area contributed by atoms with Crippen molar-refractivity contribution in [1.29, 1.82) is 0 Å². The van der Waals surface area contributed by atoms with Gasteiger partial charge < -0.3 is 9.94 Å². The summed E-state index contributed by atoms with van der Waals surface area (Å²) in [6, 6.07) is 13.5. The second kappa shape index (κ2) is 6.31. The molecule has 18 heavy (non-hydrogen) atoms. The summed E-state index contributed by atoms with van der Waals surface area (Å²) in [5.41, 5.74) is 1.25. The molecule has 0 bridgehead atoms. The Kier molecular flexibility index (Phi) is 4.47. The molecule has 0 saturated carbocycles. The molecule has 0 atom stereocenters. The number of aromatic nitrogens is 1. The molecule has 0 amide bonds. The van der Waals surface area contributed by atoms with Crippen LogP contribution in [0.25, 0.3) is 0 Å². The molecular formula is C14H15NO2S. The summed E-state index contributed by atoms with van der Waals surface area (Å²) in [6.07, 6.45) is 2.46. The van der Waals surface area contributed by atoms with Crippen LogP contribution in [0.1, 0.15) is 5.56 Å². The van der Waals surface area contributed by atoms with Crippen LogP contribution in [0, 0.1) is 5.21 Å². The molecule has 1 aromatic heterocycles. The van der Waals surface area contributed by atoms with Gasteiger partial charge in [-0.1, -0.05) is 23.9 Å². The van der Waals surface area contributed by atoms with E-state index >= 15 is 0 Å². The second-order valence-corrected chi connectivity index (χ2v) is 4.93. The number of pyridine rings is 1. The van der Waals surface area contributed by atoms with E-state index in [1.807, 2.05) is 24.3 Å². The summed E-state index contributed by atoms with van der Waals surface area (Å²) in [7, 11) is 1.66. The van der Waals surface area contributed by atoms with E-state index in [-0.39, 0.29) is 0 Å². The van der Waals surface area contributed by atoms with Crippen LogP contribution in [0.5, 0.6) is 5.75 Å². The molecule has 0 aliphatic heterocycles. The van der Waals surface area contributed by atoms with Crippen LogP contribution in [-0.4, -0.2) is 12.9 Å². The summed E-state index contributed by atoms with van der Waals surface area (Å²) < 4.78 is 6.01. The van der Waals surface area contributed by atoms with Crippen molar-refractivity contribution in [2.45, 2.75) is 11.4 Å². The zero-order valence-corrected chi connectivity index (χ0v) is 11.0. The van der Waals surface area contributed by atoms with Gasteiger partial charge in [0.05, 0.1) is 7.11 Å². The van der Waals surface area contributed by atoms with Gasteiger partial charge in [0, 0.05) is 17.9 Å². The minimum Gasteiger partial charge on any atom is -0.618 e. The molecule has 0 radical (unpaired) electrons. The topological polar surface area (TPSA) is 36.2 Å². The Hall–Kier alpha value is -1.68. The Morgan fingerprint density at radius 2 is 1.94 bits per heavy atom. The highest BCUT2D eigenvalue weighted by atomic mass is 32.2. The van der Waals surface area contributed by atoms with Gasteiger partial charge >= 0.3 is 0 Å². The lowest BCUT2D eigenvalue weighted by molar-refractivity contribution is -0.645. The van der Waals surface area contributed by atoms with Crippen LogP contribution in [-0.2, 0) is 6.42 Å². The van der Waals surface area contributed by atoms with Crippen molar-refractivity contribution in [2.75, 3.05) is 12.9 Å². The number of aryl methyl sites for hydroxylation is 1. The number of hydrogen-bond acceptors (Lipinski definition) is 3. The number of benzene rings is 1. The first-order valence-corrected chi connectivity index (χ1v) is 6.72. The second-order valence-electron chi connectivity index (χ2n) is 3.81. The first-order chi connectivity index (χ1) is 8.79. The summed E-state index contributed by atoms with van der Waals surface area (Å²) >= 11 is 1.57. The van der Waals surface area contributed by atoms with E-state index in [9.17, 15) is 5.21 Å². The third kappa shape index (κ3) is 3.40. The molecule has 0 aliphatic rings. The number of methoxy groups -OCH3 is 1. The summed E-state index contributed by atoms with van der Waals surface area (Å²) in [4.78, 5) is 0. The first-order valence-electron chi connectivity index (χ1n) is 5.73. The maximum Gasteiger partial charge on any atom is 0.251 e. The van der Waals surface area contributed by atoms with Gasteiger partial charge in [0.15, 0.2) is 6.20 Å². The van der Waals surface area contributed by atoms with Gasteiger partial charge in [0.25, 0.3) is 5.03 Å². The Morgan fingerprint density at radius 3 is 2.61 bits per heavy atom. The van der Waals surface area contributed by atoms with Gasteiger partial charge in [-0.3, -0.25) is 0 Å². The van der Waals surface area contributed by atoms with Crippen LogP contribution in [0.4, 0.5) is 0 Å². The number of nitrogens with zero attached hydrogens (tertiary/aromatic N) is 1. The Bertz CT molecular complexity index is 499. The van der Waals surface area contributed by atoms with Crippen molar-refractivity contribution in [3.8, 4) is 5.75 Å². The predicted octanol–water partition coefficient (Wildman–Crippen LogP) is 2.66. The zero-order chi connectivity index (χ0) is 12.8. The molecular weight excluding hydrogens is 246 g/mol. The average Bonchev–Trinajstić information content (AvgIpc) is 2.42. The number of ether oxygens (including phenoxy) is 1. The van der Waals surface area contributed by atoms with Crippen LogP contribution < -0.4 is 9.47 Å². The molecule has 1 aromatic carbocycles. The highest BCUT2D eigenvalue weighted by molar-refractivity contribution is 7.99. The molecule has 0 aliphatic carbocycles. The van der Waals surface area contributed by atoms with Crippen molar-refractivity contribution in [1.82, 2.24) is 0 Å². The molecule has 0 saturated heterocycles. The first kappa shape index (κ1) is 12.8. The summed E-state index contributed by atoms with van der Waals surface area (Å²) in [5.74, 6) is 1.75. The molecule has 2 rings (SSSR count). The minimum atomic E-state index is 0.742. The fraction of sp³-hybridized carbons (Fsp3) is 0.214. The third-order valence-electron chi connectivity index (χ3n) is 2.59. The Balaban J connectivity index is 1.86. The zero-order valence-electron chi connectivity index (χ0n) is 10.2. The van der Waals surface area contributed by atoms with Gasteiger partial charge in [0.2, 0.25) is 0 Å². The van der Waals surface area contributed by atoms with E-state index in [0.29, 0.717) is 0 Å². The lowest BCUT2D eigenvalue weighted by Gasteiger charge is -2.04. The van der Waals surface area contributed by atoms with E-state index in [1.54, 1.807) is 24.9 Å². The fourth-order valence-electron chi connectivity index (χ4n) is 1.59. The standard InChI is InChI=1S/C14H15NO2S/c1-17-13-7-5-12(6-8-13)9-11-18-14-4-2-3-10-15(14)16/h2-8,10H,9,11H2,1H3. The molecule has 0 N–H and O–H groups in total. The van der Waals surface area contributed by atoms with Crippen molar-refractivity contribution in [3.05, 3.63) is 59.4 Å². The molecule has 0 unspecified atom stereocenters. The van der Waals surface area contributed by atoms with Gasteiger partial charge in [-0.05, 0) is 30.2 Å². The van der Waals surface area contributed by atoms with Crippen LogP contribution in [0.3, 0.4) is 0 Å². The van der Waals surface area contributed by atoms with E-state index in [4.69, 9.17) is 4.74 Å². The average molecular weight is 261 g/mol. The van der Waals surface area contributed by atoms with E-state index < -0.39 is 0 Å². The Morgan fingerprint density at radius 1 is 1.17 bits per heavy atom. The van der Waals surface area contributed by atoms with Gasteiger partial charge in [-0.2, -0.15) is 4.73 Å². The van der Waals surface area contributed by atoms with Crippen LogP contribution in [0.15, 0.2) is 53.7 Å². The molecule has 3 nitrogen and oxygen atoms in total. The van der Waals surface area contributed by atoms with E-state index in [0.717, 1.165) is 27.7 Å². The fourth-order valence-corrected chi connectivity index (χ4v) is 2.50. The maximum atomic E-state index is 11.4. The minimum absolute atomic E-state index is 0.742. The number of rotatable bonds is 5. The monoisotopic (exact) mass is 261 g/mol. The van der Waals surface area contributed by atoms with Crippen molar-refractivity contribution in [2.24, 2.45) is 0 Å². The summed E-state index contributed by atoms with van der Waals surface area (Å²) in [5, 5.41) is 12.2. The molecule has 0 spiro atoms. The van der Waals surface area contributed by atoms with E-state index in [2.05, 4.69) is 12.1 Å². The Labute approximate surface area is 111 Å². The highest BCUT2D eigenvalue weighted by Gasteiger charge is 2.04. The van der Waals surface area contributed by atoms with E-state index in [1.165, 1.54) is 11.8 Å². The quantitative estimate of drug-likeness (QED) is 0.471. The number of thioether (sulfide) groups is 1. The van der Waals surface area contributed by atoms with Gasteiger partial charge in [-0.15, -0.1) is 0 Å². The van der Waals surface area contributed by atoms with Crippen LogP contribution >= 0.6 is 11.8 Å². The SMILES string of the molecule is COc1ccc(CCSc2cccc[n+]2[O-])cc1. The third-order valence-corrected chi connectivity index (χ3v) is 3.61. The van der Waals surface area contributed by atoms with Crippen LogP contribution in [0.2, 0.25) is 0 Å². The lowest BCUT2D eigenvalue weighted by atomic mass is 10.2. The molecule has 4 heteroatoms. The predicted molar refractivity (Wildman–Crippen MR) is 72.8 cm³/mol. The molecule has 2 aromatic rings.